The lowest BCUT2D eigenvalue weighted by atomic mass is 9.99. The molecule has 0 saturated carbocycles. The highest BCUT2D eigenvalue weighted by molar-refractivity contribution is 5.71. The van der Waals surface area contributed by atoms with Gasteiger partial charge in [0.15, 0.2) is 17.5 Å². The van der Waals surface area contributed by atoms with Crippen molar-refractivity contribution in [1.29, 1.82) is 0 Å². The summed E-state index contributed by atoms with van der Waals surface area (Å²) in [5.74, 6) is -3.95. The maximum Gasteiger partial charge on any atom is 0.426 e. The largest absolute Gasteiger partial charge is 0.429 e. The Bertz CT molecular complexity index is 1720. The van der Waals surface area contributed by atoms with E-state index >= 15 is 0 Å². The average Bonchev–Trinajstić information content (AvgIpc) is 2.99. The Morgan fingerprint density at radius 1 is 0.628 bits per heavy atom. The number of rotatable bonds is 10. The van der Waals surface area contributed by atoms with Gasteiger partial charge in [0.25, 0.3) is 0 Å². The average molecular weight is 593 g/mol. The molecule has 0 amide bonds. The Labute approximate surface area is 244 Å². The zero-order valence-corrected chi connectivity index (χ0v) is 23.1. The van der Waals surface area contributed by atoms with Crippen LogP contribution in [0.5, 0.6) is 5.75 Å². The van der Waals surface area contributed by atoms with Crippen molar-refractivity contribution in [2.24, 2.45) is 0 Å². The minimum absolute atomic E-state index is 0.0142. The van der Waals surface area contributed by atoms with Crippen molar-refractivity contribution in [2.75, 3.05) is 0 Å². The lowest BCUT2D eigenvalue weighted by Crippen LogP contribution is -2.21. The fraction of sp³-hybridized carbons (Fsp3) is 0.176. The molecule has 0 radical (unpaired) electrons. The first-order valence-electron chi connectivity index (χ1n) is 13.7. The third kappa shape index (κ3) is 6.88. The molecule has 0 N–H and O–H groups in total. The topological polar surface area (TPSA) is 35.0 Å². The van der Waals surface area contributed by atoms with E-state index in [4.69, 9.17) is 4.74 Å². The summed E-state index contributed by atoms with van der Waals surface area (Å²) in [6.07, 6.45) is 3.84. The molecule has 43 heavy (non-hydrogen) atoms. The van der Waals surface area contributed by atoms with Crippen molar-refractivity contribution >= 4 is 0 Å². The Balaban J connectivity index is 1.28. The summed E-state index contributed by atoms with van der Waals surface area (Å²) < 4.78 is 91.4. The van der Waals surface area contributed by atoms with Crippen LogP contribution in [0.1, 0.15) is 37.3 Å². The lowest BCUT2D eigenvalue weighted by Gasteiger charge is -2.19. The van der Waals surface area contributed by atoms with E-state index in [1.54, 1.807) is 12.4 Å². The van der Waals surface area contributed by atoms with Crippen molar-refractivity contribution in [3.05, 3.63) is 126 Å². The van der Waals surface area contributed by atoms with E-state index in [1.165, 1.54) is 48.5 Å². The smallest absolute Gasteiger partial charge is 0.426 e. The predicted molar refractivity (Wildman–Crippen MR) is 152 cm³/mol. The highest BCUT2D eigenvalue weighted by atomic mass is 19.3. The second-order valence-corrected chi connectivity index (χ2v) is 10.0. The van der Waals surface area contributed by atoms with Gasteiger partial charge in [-0.05, 0) is 72.0 Å². The monoisotopic (exact) mass is 592 g/mol. The third-order valence-electron chi connectivity index (χ3n) is 6.95. The van der Waals surface area contributed by atoms with E-state index in [0.717, 1.165) is 61.6 Å². The summed E-state index contributed by atoms with van der Waals surface area (Å²) in [7, 11) is 0. The third-order valence-corrected chi connectivity index (χ3v) is 6.95. The van der Waals surface area contributed by atoms with Gasteiger partial charge in [0.2, 0.25) is 0 Å². The van der Waals surface area contributed by atoms with Crippen LogP contribution in [0, 0.1) is 23.3 Å². The van der Waals surface area contributed by atoms with Crippen molar-refractivity contribution in [3.8, 4) is 39.4 Å². The van der Waals surface area contributed by atoms with Crippen molar-refractivity contribution in [3.63, 3.8) is 0 Å². The molecule has 220 valence electrons. The molecule has 0 aliphatic carbocycles. The summed E-state index contributed by atoms with van der Waals surface area (Å²) in [5.41, 5.74) is 1.25. The molecule has 5 rings (SSSR count). The van der Waals surface area contributed by atoms with Crippen LogP contribution in [0.15, 0.2) is 91.3 Å². The van der Waals surface area contributed by atoms with Crippen LogP contribution < -0.4 is 4.74 Å². The number of hydrogen-bond donors (Lipinski definition) is 0. The molecular weight excluding hydrogens is 566 g/mol. The number of unbranched alkanes of at least 4 members (excludes halogenated alkanes) is 2. The second-order valence-electron chi connectivity index (χ2n) is 10.0. The SMILES string of the molecule is CCCCCc1cnc(-c2ccc(C(F)(F)Oc3ccc(-c4ccc(-c5ccc(F)c(F)c5)c(F)c4)c(F)c3)cc2)nc1. The van der Waals surface area contributed by atoms with Crippen molar-refractivity contribution < 1.29 is 31.1 Å². The summed E-state index contributed by atoms with van der Waals surface area (Å²) in [6, 6.07) is 15.1. The highest BCUT2D eigenvalue weighted by Crippen LogP contribution is 2.36. The lowest BCUT2D eigenvalue weighted by molar-refractivity contribution is -0.185. The molecule has 1 heterocycles. The Morgan fingerprint density at radius 2 is 1.21 bits per heavy atom. The van der Waals surface area contributed by atoms with Crippen LogP contribution in [0.25, 0.3) is 33.6 Å². The van der Waals surface area contributed by atoms with Crippen LogP contribution in [-0.4, -0.2) is 9.97 Å². The molecule has 0 atom stereocenters. The number of halogens is 6. The zero-order chi connectivity index (χ0) is 30.6. The first kappa shape index (κ1) is 29.8. The fourth-order valence-corrected chi connectivity index (χ4v) is 4.61. The summed E-state index contributed by atoms with van der Waals surface area (Å²) in [6.45, 7) is 2.13. The minimum Gasteiger partial charge on any atom is -0.429 e. The maximum atomic E-state index is 15.0. The zero-order valence-electron chi connectivity index (χ0n) is 23.1. The second kappa shape index (κ2) is 12.7. The Kier molecular flexibility index (Phi) is 8.80. The van der Waals surface area contributed by atoms with Crippen molar-refractivity contribution in [2.45, 2.75) is 38.7 Å². The van der Waals surface area contributed by atoms with E-state index in [0.29, 0.717) is 11.4 Å². The number of benzene rings is 4. The molecule has 9 heteroatoms. The minimum atomic E-state index is -3.78. The molecule has 0 unspecified atom stereocenters. The van der Waals surface area contributed by atoms with E-state index < -0.39 is 40.7 Å². The van der Waals surface area contributed by atoms with Gasteiger partial charge in [0.05, 0.1) is 5.56 Å². The van der Waals surface area contributed by atoms with E-state index in [-0.39, 0.29) is 22.3 Å². The molecule has 0 aliphatic rings. The van der Waals surface area contributed by atoms with Gasteiger partial charge in [-0.2, -0.15) is 8.78 Å². The predicted octanol–water partition coefficient (Wildman–Crippen LogP) is 9.89. The number of aryl methyl sites for hydroxylation is 1. The van der Waals surface area contributed by atoms with Crippen LogP contribution in [0.3, 0.4) is 0 Å². The van der Waals surface area contributed by atoms with Gasteiger partial charge >= 0.3 is 6.11 Å². The normalized spacial score (nSPS) is 11.5. The maximum absolute atomic E-state index is 15.0. The van der Waals surface area contributed by atoms with Gasteiger partial charge in [0.1, 0.15) is 17.4 Å². The summed E-state index contributed by atoms with van der Waals surface area (Å²) in [4.78, 5) is 8.68. The fourth-order valence-electron chi connectivity index (χ4n) is 4.61. The van der Waals surface area contributed by atoms with E-state index in [1.807, 2.05) is 0 Å². The molecule has 0 bridgehead atoms. The Morgan fingerprint density at radius 3 is 1.81 bits per heavy atom. The van der Waals surface area contributed by atoms with Crippen LogP contribution >= 0.6 is 0 Å². The molecule has 3 nitrogen and oxygen atoms in total. The van der Waals surface area contributed by atoms with Crippen LogP contribution in [0.4, 0.5) is 26.3 Å². The van der Waals surface area contributed by atoms with Gasteiger partial charge in [-0.3, -0.25) is 0 Å². The van der Waals surface area contributed by atoms with E-state index in [2.05, 4.69) is 16.9 Å². The molecule has 0 aliphatic heterocycles. The number of nitrogens with zero attached hydrogens (tertiary/aromatic N) is 2. The van der Waals surface area contributed by atoms with Gasteiger partial charge in [-0.1, -0.05) is 50.1 Å². The summed E-state index contributed by atoms with van der Waals surface area (Å²) in [5, 5.41) is 0. The molecule has 0 fully saturated rings. The van der Waals surface area contributed by atoms with Gasteiger partial charge in [-0.25, -0.2) is 27.5 Å². The first-order valence-corrected chi connectivity index (χ1v) is 13.7. The standard InChI is InChI=1S/C34H26F6N2O/c1-2-3-4-5-21-19-41-33(42-20-21)22-6-10-25(11-7-22)34(39,40)43-26-12-14-28(31(37)18-26)23-8-13-27(30(36)16-23)24-9-15-29(35)32(38)17-24/h6-20H,2-5H2,1H3. The number of alkyl halides is 2. The van der Waals surface area contributed by atoms with E-state index in [9.17, 15) is 26.3 Å². The number of hydrogen-bond acceptors (Lipinski definition) is 3. The van der Waals surface area contributed by atoms with Gasteiger partial charge in [0, 0.05) is 35.2 Å². The molecule has 4 aromatic carbocycles. The van der Waals surface area contributed by atoms with Gasteiger partial charge in [-0.15, -0.1) is 0 Å². The Hall–Kier alpha value is -4.66. The van der Waals surface area contributed by atoms with Gasteiger partial charge < -0.3 is 4.74 Å². The molecule has 1 aromatic heterocycles. The first-order chi connectivity index (χ1) is 20.6. The molecule has 0 saturated heterocycles. The van der Waals surface area contributed by atoms with Crippen LogP contribution in [-0.2, 0) is 12.5 Å². The highest BCUT2D eigenvalue weighted by Gasteiger charge is 2.35. The van der Waals surface area contributed by atoms with Crippen LogP contribution in [0.2, 0.25) is 0 Å². The quantitative estimate of drug-likeness (QED) is 0.120. The molecule has 5 aromatic rings. The van der Waals surface area contributed by atoms with Crippen molar-refractivity contribution in [1.82, 2.24) is 9.97 Å². The number of ether oxygens (including phenoxy) is 1. The molecular formula is C34H26F6N2O. The number of aromatic nitrogens is 2. The molecule has 0 spiro atoms. The summed E-state index contributed by atoms with van der Waals surface area (Å²) >= 11 is 0.